The molecule has 2 rings (SSSR count). The van der Waals surface area contributed by atoms with Crippen molar-refractivity contribution in [3.05, 3.63) is 54.1 Å². The number of primary amides is 1. The zero-order valence-electron chi connectivity index (χ0n) is 33.0. The van der Waals surface area contributed by atoms with E-state index in [0.29, 0.717) is 18.5 Å². The molecule has 1 aromatic carbocycles. The molecule has 306 valence electrons. The number of guanidine groups is 1. The molecular formula is C40H66N10O5. The first-order valence-electron chi connectivity index (χ1n) is 20.1. The van der Waals surface area contributed by atoms with Crippen LogP contribution in [0.5, 0.6) is 0 Å². The Morgan fingerprint density at radius 1 is 0.691 bits per heavy atom. The van der Waals surface area contributed by atoms with E-state index in [1.165, 1.54) is 71.0 Å². The third kappa shape index (κ3) is 20.9. The number of aliphatic imine (C=N–C) groups is 1. The number of rotatable bonds is 30. The lowest BCUT2D eigenvalue weighted by Crippen LogP contribution is -2.58. The predicted octanol–water partition coefficient (Wildman–Crippen LogP) is 3.17. The van der Waals surface area contributed by atoms with Crippen molar-refractivity contribution in [2.24, 2.45) is 22.2 Å². The second-order valence-electron chi connectivity index (χ2n) is 14.3. The summed E-state index contributed by atoms with van der Waals surface area (Å²) < 4.78 is 0. The summed E-state index contributed by atoms with van der Waals surface area (Å²) in [7, 11) is 0. The maximum atomic E-state index is 13.9. The number of benzene rings is 1. The van der Waals surface area contributed by atoms with Crippen LogP contribution in [0.3, 0.4) is 0 Å². The summed E-state index contributed by atoms with van der Waals surface area (Å²) >= 11 is 0. The number of amides is 5. The van der Waals surface area contributed by atoms with Gasteiger partial charge in [-0.25, -0.2) is 4.98 Å². The Morgan fingerprint density at radius 3 is 1.78 bits per heavy atom. The lowest BCUT2D eigenvalue weighted by Gasteiger charge is -2.26. The van der Waals surface area contributed by atoms with Gasteiger partial charge >= 0.3 is 0 Å². The molecule has 55 heavy (non-hydrogen) atoms. The fourth-order valence-electron chi connectivity index (χ4n) is 6.16. The SMILES string of the molecule is CCCCCCCCCCCCCCCC(=O)N[C@@H](Cc1cnc[nH]1)C(=O)N[C@H](Cc1ccccc1)C(=O)N[C@@H](CCCN=C(N)N)C(=O)N[C@@H](C)C(N)=O. The molecule has 0 saturated heterocycles. The number of unbranched alkanes of at least 4 members (excludes halogenated alkanes) is 12. The van der Waals surface area contributed by atoms with Crippen LogP contribution in [0.1, 0.15) is 128 Å². The number of hydrogen-bond donors (Lipinski definition) is 8. The minimum Gasteiger partial charge on any atom is -0.370 e. The van der Waals surface area contributed by atoms with Gasteiger partial charge in [0.25, 0.3) is 0 Å². The molecule has 0 saturated carbocycles. The highest BCUT2D eigenvalue weighted by Crippen LogP contribution is 2.13. The number of hydrogen-bond acceptors (Lipinski definition) is 7. The molecule has 1 aromatic heterocycles. The average molecular weight is 767 g/mol. The predicted molar refractivity (Wildman–Crippen MR) is 215 cm³/mol. The van der Waals surface area contributed by atoms with Crippen LogP contribution in [-0.4, -0.2) is 76.2 Å². The largest absolute Gasteiger partial charge is 0.370 e. The van der Waals surface area contributed by atoms with Crippen molar-refractivity contribution in [2.75, 3.05) is 6.54 Å². The summed E-state index contributed by atoms with van der Waals surface area (Å²) in [5.74, 6) is -2.95. The molecular weight excluding hydrogens is 701 g/mol. The molecule has 15 nitrogen and oxygen atoms in total. The normalized spacial score (nSPS) is 13.1. The molecule has 0 unspecified atom stereocenters. The van der Waals surface area contributed by atoms with E-state index in [1.54, 1.807) is 6.20 Å². The zero-order valence-corrected chi connectivity index (χ0v) is 33.0. The molecule has 2 aromatic rings. The van der Waals surface area contributed by atoms with Crippen molar-refractivity contribution in [3.63, 3.8) is 0 Å². The second-order valence-corrected chi connectivity index (χ2v) is 14.3. The van der Waals surface area contributed by atoms with Crippen LogP contribution in [0.2, 0.25) is 0 Å². The van der Waals surface area contributed by atoms with Crippen molar-refractivity contribution >= 4 is 35.5 Å². The fraction of sp³-hybridized carbons (Fsp3) is 0.625. The van der Waals surface area contributed by atoms with E-state index in [4.69, 9.17) is 17.2 Å². The van der Waals surface area contributed by atoms with E-state index in [0.717, 1.165) is 24.8 Å². The highest BCUT2D eigenvalue weighted by atomic mass is 16.2. The summed E-state index contributed by atoms with van der Waals surface area (Å²) in [6, 6.07) is 4.88. The Balaban J connectivity index is 2.06. The summed E-state index contributed by atoms with van der Waals surface area (Å²) in [5.41, 5.74) is 17.6. The van der Waals surface area contributed by atoms with Crippen LogP contribution in [0.25, 0.3) is 0 Å². The number of aromatic amines is 1. The Morgan fingerprint density at radius 2 is 1.24 bits per heavy atom. The van der Waals surface area contributed by atoms with E-state index < -0.39 is 47.8 Å². The first kappa shape index (κ1) is 46.2. The smallest absolute Gasteiger partial charge is 0.243 e. The third-order valence-electron chi connectivity index (χ3n) is 9.42. The van der Waals surface area contributed by atoms with Gasteiger partial charge < -0.3 is 43.5 Å². The molecule has 1 heterocycles. The van der Waals surface area contributed by atoms with E-state index in [1.807, 2.05) is 30.3 Å². The number of nitrogens with zero attached hydrogens (tertiary/aromatic N) is 2. The number of nitrogens with one attached hydrogen (secondary N) is 5. The third-order valence-corrected chi connectivity index (χ3v) is 9.42. The number of carbonyl (C=O) groups is 5. The molecule has 0 spiro atoms. The van der Waals surface area contributed by atoms with Crippen LogP contribution >= 0.6 is 0 Å². The van der Waals surface area contributed by atoms with Crippen molar-refractivity contribution in [3.8, 4) is 0 Å². The minimum atomic E-state index is -1.13. The monoisotopic (exact) mass is 767 g/mol. The first-order chi connectivity index (χ1) is 26.5. The standard InChI is InChI=1S/C40H66N10O5/c1-3-4-5-6-7-8-9-10-11-12-13-14-18-23-35(51)48-34(26-31-27-44-28-46-31)39(55)50-33(25-30-20-16-15-17-21-30)38(54)49-32(22-19-24-45-40(42)43)37(53)47-29(2)36(41)52/h15-17,20-21,27-29,32-34H,3-14,18-19,22-26H2,1-2H3,(H2,41,52)(H,44,46)(H,47,53)(H,48,51)(H,49,54)(H,50,55)(H4,42,43,45)/t29-,32-,33+,34-/m0/s1. The molecule has 0 aliphatic heterocycles. The number of carbonyl (C=O) groups excluding carboxylic acids is 5. The van der Waals surface area contributed by atoms with Crippen molar-refractivity contribution in [1.82, 2.24) is 31.2 Å². The molecule has 11 N–H and O–H groups in total. The Hall–Kier alpha value is -4.95. The topological polar surface area (TPSA) is 253 Å². The second kappa shape index (κ2) is 27.6. The molecule has 0 aliphatic carbocycles. The van der Waals surface area contributed by atoms with Gasteiger partial charge in [0.15, 0.2) is 5.96 Å². The molecule has 0 radical (unpaired) electrons. The van der Waals surface area contributed by atoms with Gasteiger partial charge in [0.2, 0.25) is 29.5 Å². The molecule has 0 bridgehead atoms. The van der Waals surface area contributed by atoms with Crippen LogP contribution in [0, 0.1) is 0 Å². The average Bonchev–Trinajstić information content (AvgIpc) is 3.67. The summed E-state index contributed by atoms with van der Waals surface area (Å²) in [5, 5.41) is 10.9. The van der Waals surface area contributed by atoms with Gasteiger partial charge in [-0.3, -0.25) is 29.0 Å². The van der Waals surface area contributed by atoms with Gasteiger partial charge in [0.1, 0.15) is 24.2 Å². The van der Waals surface area contributed by atoms with Gasteiger partial charge in [0.05, 0.1) is 6.33 Å². The molecule has 5 amide bonds. The van der Waals surface area contributed by atoms with Gasteiger partial charge in [-0.05, 0) is 31.7 Å². The number of imidazole rings is 1. The van der Waals surface area contributed by atoms with E-state index in [9.17, 15) is 24.0 Å². The van der Waals surface area contributed by atoms with Crippen molar-refractivity contribution in [1.29, 1.82) is 0 Å². The maximum Gasteiger partial charge on any atom is 0.243 e. The van der Waals surface area contributed by atoms with Crippen LogP contribution in [0.4, 0.5) is 0 Å². The van der Waals surface area contributed by atoms with Gasteiger partial charge in [-0.15, -0.1) is 0 Å². The maximum absolute atomic E-state index is 13.9. The molecule has 0 aliphatic rings. The molecule has 15 heteroatoms. The van der Waals surface area contributed by atoms with Crippen LogP contribution in [-0.2, 0) is 36.8 Å². The highest BCUT2D eigenvalue weighted by Gasteiger charge is 2.31. The first-order valence-corrected chi connectivity index (χ1v) is 20.1. The highest BCUT2D eigenvalue weighted by molar-refractivity contribution is 5.95. The van der Waals surface area contributed by atoms with Crippen LogP contribution in [0.15, 0.2) is 47.8 Å². The number of H-pyrrole nitrogens is 1. The fourth-order valence-corrected chi connectivity index (χ4v) is 6.16. The summed E-state index contributed by atoms with van der Waals surface area (Å²) in [4.78, 5) is 76.8. The van der Waals surface area contributed by atoms with Crippen molar-refractivity contribution < 1.29 is 24.0 Å². The lowest BCUT2D eigenvalue weighted by molar-refractivity contribution is -0.134. The van der Waals surface area contributed by atoms with Crippen LogP contribution < -0.4 is 38.5 Å². The molecule has 4 atom stereocenters. The minimum absolute atomic E-state index is 0.0993. The summed E-state index contributed by atoms with van der Waals surface area (Å²) in [6.07, 6.45) is 19.6. The lowest BCUT2D eigenvalue weighted by atomic mass is 10.0. The van der Waals surface area contributed by atoms with Gasteiger partial charge in [-0.2, -0.15) is 0 Å². The quantitative estimate of drug-likeness (QED) is 0.0332. The number of nitrogens with two attached hydrogens (primary N) is 3. The van der Waals surface area contributed by atoms with Crippen molar-refractivity contribution in [2.45, 2.75) is 154 Å². The van der Waals surface area contributed by atoms with Gasteiger partial charge in [-0.1, -0.05) is 114 Å². The van der Waals surface area contributed by atoms with E-state index >= 15 is 0 Å². The summed E-state index contributed by atoms with van der Waals surface area (Å²) in [6.45, 7) is 3.87. The zero-order chi connectivity index (χ0) is 40.3. The van der Waals surface area contributed by atoms with E-state index in [-0.39, 0.29) is 44.1 Å². The number of aromatic nitrogens is 2. The Kier molecular flexibility index (Phi) is 23.2. The van der Waals surface area contributed by atoms with E-state index in [2.05, 4.69) is 43.2 Å². The Bertz CT molecular complexity index is 1430. The Labute approximate surface area is 326 Å². The molecule has 0 fully saturated rings. The van der Waals surface area contributed by atoms with Gasteiger partial charge in [0, 0.05) is 37.7 Å².